The highest BCUT2D eigenvalue weighted by molar-refractivity contribution is 9.11. The fraction of sp³-hybridized carbons (Fsp3) is 0.167. The van der Waals surface area contributed by atoms with Gasteiger partial charge in [-0.05, 0) is 32.0 Å². The van der Waals surface area contributed by atoms with Crippen LogP contribution < -0.4 is 5.32 Å². The number of aromatic amines is 1. The number of carbonyl (C=O) groups excluding carboxylic acids is 1. The first-order valence-electron chi connectivity index (χ1n) is 5.26. The van der Waals surface area contributed by atoms with Gasteiger partial charge in [-0.1, -0.05) is 31.9 Å². The summed E-state index contributed by atoms with van der Waals surface area (Å²) in [5.74, 6) is 0.375. The number of amides is 1. The minimum absolute atomic E-state index is 0.188. The molecule has 2 N–H and O–H groups in total. The molecule has 0 saturated carbocycles. The van der Waals surface area contributed by atoms with Gasteiger partial charge in [0.15, 0.2) is 5.82 Å². The molecule has 4 nitrogen and oxygen atoms in total. The molecule has 0 spiro atoms. The van der Waals surface area contributed by atoms with Gasteiger partial charge in [0.25, 0.3) is 5.91 Å². The summed E-state index contributed by atoms with van der Waals surface area (Å²) in [6.45, 7) is 3.82. The smallest absolute Gasteiger partial charge is 0.256 e. The Hall–Kier alpha value is -1.14. The van der Waals surface area contributed by atoms with E-state index in [2.05, 4.69) is 47.4 Å². The van der Waals surface area contributed by atoms with Crippen molar-refractivity contribution in [2.24, 2.45) is 0 Å². The Balaban J connectivity index is 2.24. The molecule has 2 aromatic rings. The summed E-state index contributed by atoms with van der Waals surface area (Å²) >= 11 is 6.71. The molecular formula is C12H11Br2N3O. The molecule has 6 heteroatoms. The van der Waals surface area contributed by atoms with Gasteiger partial charge < -0.3 is 5.32 Å². The molecule has 94 valence electrons. The summed E-state index contributed by atoms with van der Waals surface area (Å²) in [7, 11) is 0. The first-order valence-corrected chi connectivity index (χ1v) is 6.85. The van der Waals surface area contributed by atoms with E-state index in [1.165, 1.54) is 0 Å². The normalized spacial score (nSPS) is 10.4. The van der Waals surface area contributed by atoms with E-state index in [0.717, 1.165) is 20.2 Å². The Morgan fingerprint density at radius 1 is 1.22 bits per heavy atom. The number of benzene rings is 1. The number of aryl methyl sites for hydroxylation is 1. The van der Waals surface area contributed by atoms with Gasteiger partial charge in [0.05, 0.1) is 0 Å². The Kier molecular flexibility index (Phi) is 3.87. The lowest BCUT2D eigenvalue weighted by molar-refractivity contribution is 0.102. The molecule has 18 heavy (non-hydrogen) atoms. The minimum Gasteiger partial charge on any atom is -0.305 e. The highest BCUT2D eigenvalue weighted by Crippen LogP contribution is 2.21. The molecule has 0 aliphatic rings. The highest BCUT2D eigenvalue weighted by Gasteiger charge is 2.12. The van der Waals surface area contributed by atoms with Gasteiger partial charge in [0.1, 0.15) is 0 Å². The Morgan fingerprint density at radius 3 is 2.33 bits per heavy atom. The van der Waals surface area contributed by atoms with E-state index in [9.17, 15) is 4.79 Å². The fourth-order valence-electron chi connectivity index (χ4n) is 1.47. The lowest BCUT2D eigenvalue weighted by Crippen LogP contribution is -2.13. The molecule has 0 fully saturated rings. The molecule has 1 aromatic carbocycles. The molecule has 2 rings (SSSR count). The van der Waals surface area contributed by atoms with Crippen molar-refractivity contribution in [3.8, 4) is 0 Å². The van der Waals surface area contributed by atoms with Crippen LogP contribution in [-0.4, -0.2) is 16.1 Å². The van der Waals surface area contributed by atoms with Crippen molar-refractivity contribution < 1.29 is 4.79 Å². The zero-order valence-electron chi connectivity index (χ0n) is 9.84. The quantitative estimate of drug-likeness (QED) is 0.842. The highest BCUT2D eigenvalue weighted by atomic mass is 79.9. The van der Waals surface area contributed by atoms with Crippen LogP contribution in [0.1, 0.15) is 21.6 Å². The van der Waals surface area contributed by atoms with Gasteiger partial charge in [-0.25, -0.2) is 0 Å². The maximum Gasteiger partial charge on any atom is 0.256 e. The first kappa shape index (κ1) is 13.3. The summed E-state index contributed by atoms with van der Waals surface area (Å²) in [6.07, 6.45) is 0. The number of hydrogen-bond donors (Lipinski definition) is 2. The monoisotopic (exact) mass is 371 g/mol. The van der Waals surface area contributed by atoms with Crippen molar-refractivity contribution in [3.63, 3.8) is 0 Å². The molecule has 0 unspecified atom stereocenters. The third-order valence-electron chi connectivity index (χ3n) is 2.61. The standard InChI is InChI=1S/C12H11Br2N3O/c1-6-7(2)16-17-11(6)15-12(18)8-3-9(13)5-10(14)4-8/h3-5H,1-2H3,(H2,15,16,17,18). The Labute approximate surface area is 121 Å². The van der Waals surface area contributed by atoms with Crippen molar-refractivity contribution in [1.82, 2.24) is 10.2 Å². The van der Waals surface area contributed by atoms with Gasteiger partial charge in [-0.2, -0.15) is 5.10 Å². The average Bonchev–Trinajstić information content (AvgIpc) is 2.59. The van der Waals surface area contributed by atoms with Crippen LogP contribution in [0.4, 0.5) is 5.82 Å². The zero-order chi connectivity index (χ0) is 13.3. The second kappa shape index (κ2) is 5.24. The molecule has 0 bridgehead atoms. The lowest BCUT2D eigenvalue weighted by atomic mass is 10.2. The van der Waals surface area contributed by atoms with E-state index in [1.807, 2.05) is 19.9 Å². The second-order valence-corrected chi connectivity index (χ2v) is 5.77. The summed E-state index contributed by atoms with van der Waals surface area (Å²) in [4.78, 5) is 12.1. The van der Waals surface area contributed by atoms with Crippen LogP contribution in [0, 0.1) is 13.8 Å². The Morgan fingerprint density at radius 2 is 1.83 bits per heavy atom. The summed E-state index contributed by atoms with van der Waals surface area (Å²) in [5.41, 5.74) is 2.45. The van der Waals surface area contributed by atoms with Crippen LogP contribution in [0.15, 0.2) is 27.1 Å². The third-order valence-corrected chi connectivity index (χ3v) is 3.53. The largest absolute Gasteiger partial charge is 0.305 e. The number of carbonyl (C=O) groups is 1. The van der Waals surface area contributed by atoms with Crippen LogP contribution in [0.3, 0.4) is 0 Å². The number of halogens is 2. The molecule has 1 heterocycles. The van der Waals surface area contributed by atoms with Crippen LogP contribution in [0.2, 0.25) is 0 Å². The summed E-state index contributed by atoms with van der Waals surface area (Å²) in [6, 6.07) is 5.39. The SMILES string of the molecule is Cc1[nH]nc(NC(=O)c2cc(Br)cc(Br)c2)c1C. The molecular weight excluding hydrogens is 362 g/mol. The minimum atomic E-state index is -0.188. The van der Waals surface area contributed by atoms with Gasteiger partial charge in [0.2, 0.25) is 0 Å². The number of rotatable bonds is 2. The van der Waals surface area contributed by atoms with Gasteiger partial charge >= 0.3 is 0 Å². The van der Waals surface area contributed by atoms with Crippen molar-refractivity contribution in [2.75, 3.05) is 5.32 Å². The van der Waals surface area contributed by atoms with Crippen LogP contribution in [0.25, 0.3) is 0 Å². The zero-order valence-corrected chi connectivity index (χ0v) is 13.0. The molecule has 1 amide bonds. The van der Waals surface area contributed by atoms with E-state index in [4.69, 9.17) is 0 Å². The fourth-order valence-corrected chi connectivity index (χ4v) is 2.77. The maximum absolute atomic E-state index is 12.1. The topological polar surface area (TPSA) is 57.8 Å². The van der Waals surface area contributed by atoms with Gasteiger partial charge in [-0.3, -0.25) is 9.89 Å². The van der Waals surface area contributed by atoms with E-state index in [0.29, 0.717) is 11.4 Å². The van der Waals surface area contributed by atoms with Gasteiger partial charge in [-0.15, -0.1) is 0 Å². The maximum atomic E-state index is 12.1. The number of anilines is 1. The molecule has 0 saturated heterocycles. The van der Waals surface area contributed by atoms with Crippen molar-refractivity contribution in [1.29, 1.82) is 0 Å². The van der Waals surface area contributed by atoms with Crippen molar-refractivity contribution in [2.45, 2.75) is 13.8 Å². The molecule has 0 radical (unpaired) electrons. The van der Waals surface area contributed by atoms with Crippen LogP contribution >= 0.6 is 31.9 Å². The van der Waals surface area contributed by atoms with E-state index in [-0.39, 0.29) is 5.91 Å². The van der Waals surface area contributed by atoms with Crippen molar-refractivity contribution >= 4 is 43.6 Å². The molecule has 0 aliphatic heterocycles. The number of hydrogen-bond acceptors (Lipinski definition) is 2. The number of aromatic nitrogens is 2. The number of nitrogens with one attached hydrogen (secondary N) is 2. The lowest BCUT2D eigenvalue weighted by Gasteiger charge is -2.04. The predicted molar refractivity (Wildman–Crippen MR) is 77.9 cm³/mol. The average molecular weight is 373 g/mol. The third kappa shape index (κ3) is 2.81. The van der Waals surface area contributed by atoms with Crippen LogP contribution in [0.5, 0.6) is 0 Å². The first-order chi connectivity index (χ1) is 8.47. The number of H-pyrrole nitrogens is 1. The molecule has 0 aliphatic carbocycles. The van der Waals surface area contributed by atoms with Crippen molar-refractivity contribution in [3.05, 3.63) is 44.0 Å². The Bertz CT molecular complexity index is 587. The molecule has 0 atom stereocenters. The predicted octanol–water partition coefficient (Wildman–Crippen LogP) is 3.80. The second-order valence-electron chi connectivity index (χ2n) is 3.93. The van der Waals surface area contributed by atoms with E-state index < -0.39 is 0 Å². The van der Waals surface area contributed by atoms with E-state index >= 15 is 0 Å². The summed E-state index contributed by atoms with van der Waals surface area (Å²) in [5, 5.41) is 9.66. The summed E-state index contributed by atoms with van der Waals surface area (Å²) < 4.78 is 1.69. The number of nitrogens with zero attached hydrogens (tertiary/aromatic N) is 1. The van der Waals surface area contributed by atoms with Crippen LogP contribution in [-0.2, 0) is 0 Å². The molecule has 1 aromatic heterocycles. The van der Waals surface area contributed by atoms with E-state index in [1.54, 1.807) is 12.1 Å². The van der Waals surface area contributed by atoms with Gasteiger partial charge in [0, 0.05) is 25.8 Å².